The second kappa shape index (κ2) is 6.96. The smallest absolute Gasteiger partial charge is 0.255 e. The van der Waals surface area contributed by atoms with Crippen molar-refractivity contribution in [2.75, 3.05) is 14.1 Å². The maximum atomic E-state index is 13.5. The number of carbonyl (C=O) groups excluding carboxylic acids is 3. The van der Waals surface area contributed by atoms with Gasteiger partial charge >= 0.3 is 0 Å². The quantitative estimate of drug-likeness (QED) is 0.399. The van der Waals surface area contributed by atoms with Gasteiger partial charge in [0.15, 0.2) is 11.6 Å². The summed E-state index contributed by atoms with van der Waals surface area (Å²) in [4.78, 5) is 40.0. The molecule has 0 radical (unpaired) electrons. The molecule has 1 unspecified atom stereocenters. The summed E-state index contributed by atoms with van der Waals surface area (Å²) >= 11 is 0. The van der Waals surface area contributed by atoms with Crippen molar-refractivity contribution in [3.05, 3.63) is 45.7 Å². The number of likely N-dealkylation sites (N-methyl/N-ethyl adjacent to an activating group) is 1. The van der Waals surface area contributed by atoms with Gasteiger partial charge in [0.1, 0.15) is 22.8 Å². The molecule has 3 aliphatic rings. The lowest BCUT2D eigenvalue weighted by molar-refractivity contribution is -0.136. The first-order valence-electron chi connectivity index (χ1n) is 9.76. The molecule has 4 rings (SSSR count). The van der Waals surface area contributed by atoms with Gasteiger partial charge in [0.25, 0.3) is 5.91 Å². The average Bonchev–Trinajstić information content (AvgIpc) is 2.67. The van der Waals surface area contributed by atoms with Gasteiger partial charge in [-0.05, 0) is 56.5 Å². The van der Waals surface area contributed by atoms with Crippen LogP contribution in [0.3, 0.4) is 0 Å². The summed E-state index contributed by atoms with van der Waals surface area (Å²) in [6, 6.07) is 3.95. The van der Waals surface area contributed by atoms with Gasteiger partial charge in [-0.3, -0.25) is 19.3 Å². The number of Topliss-reactive ketones (excluding diaryl/α,β-unsaturated/α-hetero) is 2. The third-order valence-corrected chi connectivity index (χ3v) is 6.57. The Bertz CT molecular complexity index is 1160. The minimum absolute atomic E-state index is 0.00444. The molecular formula is C22H21N3O6. The molecule has 0 aromatic heterocycles. The van der Waals surface area contributed by atoms with Gasteiger partial charge in [0.05, 0.1) is 29.2 Å². The lowest BCUT2D eigenvalue weighted by atomic mass is 9.59. The van der Waals surface area contributed by atoms with E-state index in [0.29, 0.717) is 5.56 Å². The van der Waals surface area contributed by atoms with E-state index in [9.17, 15) is 35.0 Å². The average molecular weight is 423 g/mol. The number of hydrogen-bond donors (Lipinski definition) is 4. The van der Waals surface area contributed by atoms with Crippen LogP contribution in [0.2, 0.25) is 0 Å². The number of rotatable bonds is 2. The Kier molecular flexibility index (Phi) is 4.63. The summed E-state index contributed by atoms with van der Waals surface area (Å²) in [6.07, 6.45) is 0.461. The summed E-state index contributed by atoms with van der Waals surface area (Å²) in [5.41, 5.74) is 5.43. The Morgan fingerprint density at radius 3 is 2.45 bits per heavy atom. The number of phenolic OH excluding ortho intramolecular Hbond substituents is 1. The number of aromatic hydroxyl groups is 1. The van der Waals surface area contributed by atoms with Crippen molar-refractivity contribution < 1.29 is 29.7 Å². The van der Waals surface area contributed by atoms with Crippen LogP contribution in [0.15, 0.2) is 29.0 Å². The molecule has 3 aliphatic carbocycles. The molecule has 1 fully saturated rings. The summed E-state index contributed by atoms with van der Waals surface area (Å²) in [5.74, 6) is -6.29. The molecule has 9 nitrogen and oxygen atoms in total. The van der Waals surface area contributed by atoms with Crippen LogP contribution >= 0.6 is 0 Å². The summed E-state index contributed by atoms with van der Waals surface area (Å²) in [6.45, 7) is 0. The number of fused-ring (bicyclic) bond motifs is 3. The van der Waals surface area contributed by atoms with Crippen LogP contribution in [-0.2, 0) is 20.8 Å². The van der Waals surface area contributed by atoms with E-state index in [0.717, 1.165) is 0 Å². The molecule has 0 spiro atoms. The number of hydrogen-bond acceptors (Lipinski definition) is 8. The second-order valence-corrected chi connectivity index (χ2v) is 8.40. The molecule has 4 atom stereocenters. The van der Waals surface area contributed by atoms with Crippen LogP contribution in [0.5, 0.6) is 5.75 Å². The van der Waals surface area contributed by atoms with Gasteiger partial charge in [0, 0.05) is 5.57 Å². The van der Waals surface area contributed by atoms with Crippen molar-refractivity contribution in [3.8, 4) is 11.8 Å². The zero-order chi connectivity index (χ0) is 22.8. The molecule has 9 heteroatoms. The number of nitriles is 1. The maximum Gasteiger partial charge on any atom is 0.255 e. The molecule has 0 heterocycles. The van der Waals surface area contributed by atoms with Gasteiger partial charge in [-0.2, -0.15) is 5.26 Å². The minimum atomic E-state index is -1.29. The van der Waals surface area contributed by atoms with E-state index in [1.54, 1.807) is 19.0 Å². The van der Waals surface area contributed by atoms with Crippen LogP contribution < -0.4 is 5.73 Å². The number of phenols is 1. The van der Waals surface area contributed by atoms with Crippen molar-refractivity contribution in [2.24, 2.45) is 23.5 Å². The normalized spacial score (nSPS) is 27.5. The molecule has 1 amide bonds. The number of allylic oxidation sites excluding steroid dienone is 1. The largest absolute Gasteiger partial charge is 0.510 e. The van der Waals surface area contributed by atoms with E-state index in [4.69, 9.17) is 5.73 Å². The molecule has 0 aliphatic heterocycles. The monoisotopic (exact) mass is 423 g/mol. The van der Waals surface area contributed by atoms with Gasteiger partial charge in [-0.15, -0.1) is 0 Å². The number of aliphatic hydroxyl groups is 2. The zero-order valence-electron chi connectivity index (χ0n) is 16.9. The van der Waals surface area contributed by atoms with Gasteiger partial charge in [-0.1, -0.05) is 0 Å². The van der Waals surface area contributed by atoms with Gasteiger partial charge in [0.2, 0.25) is 0 Å². The maximum absolute atomic E-state index is 13.5. The predicted molar refractivity (Wildman–Crippen MR) is 107 cm³/mol. The highest BCUT2D eigenvalue weighted by Crippen LogP contribution is 2.50. The SMILES string of the molecule is CN(C)[C@@H]1C(O)=C(C(N)=O)C(=O)C2C(=O)C3=C(O)c4c(O)ccc(C#N)c4C[C@H]3C[C@H]21. The molecule has 160 valence electrons. The van der Waals surface area contributed by atoms with Crippen molar-refractivity contribution in [1.29, 1.82) is 5.26 Å². The zero-order valence-corrected chi connectivity index (χ0v) is 16.9. The first-order valence-corrected chi connectivity index (χ1v) is 9.76. The highest BCUT2D eigenvalue weighted by atomic mass is 16.3. The number of aliphatic hydroxyl groups excluding tert-OH is 2. The van der Waals surface area contributed by atoms with E-state index >= 15 is 0 Å². The standard InChI is InChI=1S/C22H21N3O6/c1-25(2)17-11-6-9-5-10-8(7-23)3-4-12(26)14(10)18(27)13(9)19(28)15(11)20(29)16(21(17)30)22(24)31/h3-4,9,11,15,17,26-27,30H,5-6H2,1-2H3,(H2,24,31)/t9-,11+,15?,17-/m0/s1. The van der Waals surface area contributed by atoms with E-state index in [1.165, 1.54) is 12.1 Å². The Morgan fingerprint density at radius 1 is 1.19 bits per heavy atom. The fourth-order valence-corrected chi connectivity index (χ4v) is 5.37. The number of benzene rings is 1. The molecule has 0 saturated heterocycles. The second-order valence-electron chi connectivity index (χ2n) is 8.40. The lowest BCUT2D eigenvalue weighted by Gasteiger charge is -2.46. The van der Waals surface area contributed by atoms with E-state index < -0.39 is 58.4 Å². The van der Waals surface area contributed by atoms with E-state index in [1.807, 2.05) is 6.07 Å². The lowest BCUT2D eigenvalue weighted by Crippen LogP contribution is -2.55. The molecule has 0 bridgehead atoms. The van der Waals surface area contributed by atoms with Crippen molar-refractivity contribution in [3.63, 3.8) is 0 Å². The molecule has 5 N–H and O–H groups in total. The topological polar surface area (TPSA) is 165 Å². The van der Waals surface area contributed by atoms with Gasteiger partial charge < -0.3 is 21.1 Å². The third kappa shape index (κ3) is 2.75. The van der Waals surface area contributed by atoms with Crippen molar-refractivity contribution in [2.45, 2.75) is 18.9 Å². The van der Waals surface area contributed by atoms with Crippen molar-refractivity contribution in [1.82, 2.24) is 4.90 Å². The van der Waals surface area contributed by atoms with Crippen LogP contribution in [-0.4, -0.2) is 57.8 Å². The summed E-state index contributed by atoms with van der Waals surface area (Å²) in [7, 11) is 3.31. The number of amides is 1. The molecular weight excluding hydrogens is 402 g/mol. The fraction of sp³-hybridized carbons (Fsp3) is 0.364. The fourth-order valence-electron chi connectivity index (χ4n) is 5.37. The number of nitrogens with two attached hydrogens (primary N) is 1. The van der Waals surface area contributed by atoms with Gasteiger partial charge in [-0.25, -0.2) is 0 Å². The van der Waals surface area contributed by atoms with Crippen LogP contribution in [0.1, 0.15) is 23.1 Å². The molecule has 31 heavy (non-hydrogen) atoms. The Morgan fingerprint density at radius 2 is 1.87 bits per heavy atom. The molecule has 1 saturated carbocycles. The predicted octanol–water partition coefficient (Wildman–Crippen LogP) is 0.721. The van der Waals surface area contributed by atoms with E-state index in [2.05, 4.69) is 0 Å². The van der Waals surface area contributed by atoms with E-state index in [-0.39, 0.29) is 35.3 Å². The Hall–Kier alpha value is -3.64. The third-order valence-electron chi connectivity index (χ3n) is 6.57. The highest BCUT2D eigenvalue weighted by molar-refractivity contribution is 6.28. The summed E-state index contributed by atoms with van der Waals surface area (Å²) in [5, 5.41) is 41.3. The van der Waals surface area contributed by atoms with Crippen LogP contribution in [0.4, 0.5) is 0 Å². The Balaban J connectivity index is 1.92. The number of carbonyl (C=O) groups is 3. The Labute approximate surface area is 177 Å². The molecule has 1 aromatic carbocycles. The number of nitrogens with zero attached hydrogens (tertiary/aromatic N) is 2. The van der Waals surface area contributed by atoms with Crippen LogP contribution in [0, 0.1) is 29.1 Å². The number of primary amides is 1. The first-order chi connectivity index (χ1) is 14.6. The minimum Gasteiger partial charge on any atom is -0.510 e. The van der Waals surface area contributed by atoms with Crippen molar-refractivity contribution >= 4 is 23.2 Å². The first kappa shape index (κ1) is 20.6. The molecule has 1 aromatic rings. The number of ketones is 2. The highest BCUT2D eigenvalue weighted by Gasteiger charge is 2.55. The van der Waals surface area contributed by atoms with Crippen LogP contribution in [0.25, 0.3) is 5.76 Å². The summed E-state index contributed by atoms with van der Waals surface area (Å²) < 4.78 is 0.